The SMILES string of the molecule is CCC(Sc1cccc(NC(=O)/C(=C/c2ccco2)NC(=O)c2ccccc2)c1)C(=O)Nc1ccc(Cl)c(C(=O)O)c1. The largest absolute Gasteiger partial charge is 0.478 e. The van der Waals surface area contributed by atoms with Crippen LogP contribution in [0.5, 0.6) is 0 Å². The first kappa shape index (κ1) is 30.2. The number of hydrogen-bond acceptors (Lipinski definition) is 6. The number of benzene rings is 3. The lowest BCUT2D eigenvalue weighted by molar-refractivity contribution is -0.116. The number of furan rings is 1. The second-order valence-corrected chi connectivity index (χ2v) is 10.6. The Morgan fingerprint density at radius 1 is 0.929 bits per heavy atom. The minimum atomic E-state index is -1.20. The van der Waals surface area contributed by atoms with Crippen LogP contribution >= 0.6 is 23.4 Å². The zero-order valence-corrected chi connectivity index (χ0v) is 23.9. The zero-order chi connectivity index (χ0) is 30.1. The summed E-state index contributed by atoms with van der Waals surface area (Å²) in [5.74, 6) is -2.16. The summed E-state index contributed by atoms with van der Waals surface area (Å²) >= 11 is 7.21. The molecule has 0 spiro atoms. The van der Waals surface area contributed by atoms with Crippen molar-refractivity contribution in [3.05, 3.63) is 119 Å². The van der Waals surface area contributed by atoms with Crippen LogP contribution < -0.4 is 16.0 Å². The van der Waals surface area contributed by atoms with Gasteiger partial charge in [0, 0.05) is 27.9 Å². The van der Waals surface area contributed by atoms with Gasteiger partial charge in [-0.1, -0.05) is 42.8 Å². The molecular formula is C31H26ClN3O6S. The highest BCUT2D eigenvalue weighted by atomic mass is 35.5. The molecule has 1 heterocycles. The molecule has 0 fully saturated rings. The lowest BCUT2D eigenvalue weighted by atomic mass is 10.2. The second-order valence-electron chi connectivity index (χ2n) is 8.88. The van der Waals surface area contributed by atoms with Gasteiger partial charge in [-0.3, -0.25) is 14.4 Å². The molecule has 4 N–H and O–H groups in total. The number of carbonyl (C=O) groups excluding carboxylic acids is 3. The van der Waals surface area contributed by atoms with E-state index in [0.717, 1.165) is 0 Å². The van der Waals surface area contributed by atoms with Crippen LogP contribution in [0.3, 0.4) is 0 Å². The van der Waals surface area contributed by atoms with E-state index >= 15 is 0 Å². The fourth-order valence-corrected chi connectivity index (χ4v) is 4.99. The zero-order valence-electron chi connectivity index (χ0n) is 22.3. The maximum atomic E-state index is 13.2. The summed E-state index contributed by atoms with van der Waals surface area (Å²) in [7, 11) is 0. The Morgan fingerprint density at radius 2 is 1.69 bits per heavy atom. The molecule has 0 saturated carbocycles. The number of aromatic carboxylic acids is 1. The van der Waals surface area contributed by atoms with Crippen LogP contribution in [-0.2, 0) is 9.59 Å². The van der Waals surface area contributed by atoms with Crippen molar-refractivity contribution in [2.24, 2.45) is 0 Å². The molecule has 0 radical (unpaired) electrons. The van der Waals surface area contributed by atoms with E-state index in [1.54, 1.807) is 66.7 Å². The van der Waals surface area contributed by atoms with Crippen LogP contribution in [0, 0.1) is 0 Å². The summed E-state index contributed by atoms with van der Waals surface area (Å²) < 4.78 is 5.33. The van der Waals surface area contributed by atoms with Gasteiger partial charge in [0.25, 0.3) is 11.8 Å². The van der Waals surface area contributed by atoms with E-state index in [9.17, 15) is 24.3 Å². The van der Waals surface area contributed by atoms with Gasteiger partial charge in [0.1, 0.15) is 11.5 Å². The Morgan fingerprint density at radius 3 is 2.38 bits per heavy atom. The van der Waals surface area contributed by atoms with Crippen molar-refractivity contribution in [2.45, 2.75) is 23.5 Å². The van der Waals surface area contributed by atoms with Gasteiger partial charge in [-0.25, -0.2) is 4.79 Å². The summed E-state index contributed by atoms with van der Waals surface area (Å²) in [5, 5.41) is 17.0. The Labute approximate surface area is 251 Å². The van der Waals surface area contributed by atoms with Gasteiger partial charge in [-0.15, -0.1) is 11.8 Å². The third-order valence-electron chi connectivity index (χ3n) is 5.86. The maximum absolute atomic E-state index is 13.2. The van der Waals surface area contributed by atoms with Gasteiger partial charge in [0.2, 0.25) is 5.91 Å². The molecule has 214 valence electrons. The molecule has 4 aromatic rings. The third kappa shape index (κ3) is 8.12. The average molecular weight is 604 g/mol. The Balaban J connectivity index is 1.46. The minimum Gasteiger partial charge on any atom is -0.478 e. The lowest BCUT2D eigenvalue weighted by Gasteiger charge is -2.16. The maximum Gasteiger partial charge on any atom is 0.337 e. The van der Waals surface area contributed by atoms with Crippen molar-refractivity contribution in [2.75, 3.05) is 10.6 Å². The van der Waals surface area contributed by atoms with Crippen molar-refractivity contribution in [1.29, 1.82) is 0 Å². The molecule has 11 heteroatoms. The molecule has 0 bridgehead atoms. The number of thioether (sulfide) groups is 1. The first-order valence-corrected chi connectivity index (χ1v) is 14.0. The number of carboxylic acid groups (broad SMARTS) is 1. The van der Waals surface area contributed by atoms with Gasteiger partial charge in [-0.05, 0) is 67.1 Å². The van der Waals surface area contributed by atoms with Gasteiger partial charge in [-0.2, -0.15) is 0 Å². The van der Waals surface area contributed by atoms with Crippen LogP contribution in [0.1, 0.15) is 39.8 Å². The van der Waals surface area contributed by atoms with E-state index in [-0.39, 0.29) is 22.2 Å². The van der Waals surface area contributed by atoms with Crippen molar-refractivity contribution in [1.82, 2.24) is 5.32 Å². The van der Waals surface area contributed by atoms with Crippen LogP contribution in [0.25, 0.3) is 6.08 Å². The smallest absolute Gasteiger partial charge is 0.337 e. The van der Waals surface area contributed by atoms with E-state index in [2.05, 4.69) is 16.0 Å². The van der Waals surface area contributed by atoms with E-state index < -0.39 is 23.0 Å². The predicted octanol–water partition coefficient (Wildman–Crippen LogP) is 6.55. The van der Waals surface area contributed by atoms with Crippen molar-refractivity contribution >= 4 is 64.5 Å². The number of hydrogen-bond donors (Lipinski definition) is 4. The molecule has 9 nitrogen and oxygen atoms in total. The van der Waals surface area contributed by atoms with E-state index in [1.807, 2.05) is 6.92 Å². The van der Waals surface area contributed by atoms with Crippen molar-refractivity contribution < 1.29 is 28.7 Å². The molecule has 0 aliphatic rings. The van der Waals surface area contributed by atoms with E-state index in [0.29, 0.717) is 34.0 Å². The number of amides is 3. The molecule has 42 heavy (non-hydrogen) atoms. The van der Waals surface area contributed by atoms with Gasteiger partial charge < -0.3 is 25.5 Å². The number of carboxylic acids is 1. The first-order chi connectivity index (χ1) is 20.2. The Bertz CT molecular complexity index is 1620. The number of nitrogens with one attached hydrogen (secondary N) is 3. The van der Waals surface area contributed by atoms with Gasteiger partial charge >= 0.3 is 5.97 Å². The van der Waals surface area contributed by atoms with E-state index in [4.69, 9.17) is 16.0 Å². The topological polar surface area (TPSA) is 138 Å². The molecule has 1 atom stereocenters. The summed E-state index contributed by atoms with van der Waals surface area (Å²) in [6.07, 6.45) is 3.37. The molecule has 3 amide bonds. The number of rotatable bonds is 11. The molecule has 1 unspecified atom stereocenters. The highest BCUT2D eigenvalue weighted by Gasteiger charge is 2.20. The van der Waals surface area contributed by atoms with Gasteiger partial charge in [0.05, 0.1) is 22.1 Å². The monoisotopic (exact) mass is 603 g/mol. The quantitative estimate of drug-likeness (QED) is 0.113. The second kappa shape index (κ2) is 14.2. The Kier molecular flexibility index (Phi) is 10.2. The van der Waals surface area contributed by atoms with Crippen molar-refractivity contribution in [3.63, 3.8) is 0 Å². The molecular weight excluding hydrogens is 578 g/mol. The molecule has 3 aromatic carbocycles. The number of carbonyl (C=O) groups is 4. The average Bonchev–Trinajstić information content (AvgIpc) is 3.50. The number of anilines is 2. The highest BCUT2D eigenvalue weighted by molar-refractivity contribution is 8.00. The standard InChI is InChI=1S/C31H26ClN3O6S/c1-2-27(30(38)34-21-13-14-25(32)24(17-21)31(39)40)42-23-12-6-10-20(16-23)33-29(37)26(18-22-11-7-15-41-22)35-28(36)19-8-4-3-5-9-19/h3-18,27H,2H2,1H3,(H,33,37)(H,34,38)(H,35,36)(H,39,40)/b26-18-. The lowest BCUT2D eigenvalue weighted by Crippen LogP contribution is -2.30. The number of halogens is 1. The van der Waals surface area contributed by atoms with Crippen LogP contribution in [0.4, 0.5) is 11.4 Å². The minimum absolute atomic E-state index is 0.0219. The fourth-order valence-electron chi connectivity index (χ4n) is 3.78. The van der Waals surface area contributed by atoms with E-state index in [1.165, 1.54) is 42.3 Å². The Hall–Kier alpha value is -4.80. The molecule has 0 aliphatic heterocycles. The molecule has 4 rings (SSSR count). The van der Waals surface area contributed by atoms with Crippen molar-refractivity contribution in [3.8, 4) is 0 Å². The summed E-state index contributed by atoms with van der Waals surface area (Å²) in [6.45, 7) is 1.86. The van der Waals surface area contributed by atoms with Crippen LogP contribution in [0.15, 0.2) is 106 Å². The van der Waals surface area contributed by atoms with Gasteiger partial charge in [0.15, 0.2) is 0 Å². The van der Waals surface area contributed by atoms with Crippen LogP contribution in [-0.4, -0.2) is 34.0 Å². The fraction of sp³-hybridized carbons (Fsp3) is 0.0968. The third-order valence-corrected chi connectivity index (χ3v) is 7.54. The summed E-state index contributed by atoms with van der Waals surface area (Å²) in [5.41, 5.74) is 1.01. The van der Waals surface area contributed by atoms with Crippen LogP contribution in [0.2, 0.25) is 5.02 Å². The predicted molar refractivity (Wildman–Crippen MR) is 163 cm³/mol. The first-order valence-electron chi connectivity index (χ1n) is 12.8. The highest BCUT2D eigenvalue weighted by Crippen LogP contribution is 2.29. The summed E-state index contributed by atoms with van der Waals surface area (Å²) in [6, 6.07) is 23.0. The molecule has 1 aromatic heterocycles. The molecule has 0 aliphatic carbocycles. The molecule has 0 saturated heterocycles. The normalized spacial score (nSPS) is 11.8. The summed E-state index contributed by atoms with van der Waals surface area (Å²) in [4.78, 5) is 51.1.